The smallest absolute Gasteiger partial charge is 0.270 e. The SMILES string of the molecule is COc1ccc(C2CCCN2CC(=O)Nc2ccc([N+](=O)[O-])cc2Br)cc1. The van der Waals surface area contributed by atoms with Gasteiger partial charge in [0.2, 0.25) is 5.91 Å². The molecule has 1 unspecified atom stereocenters. The van der Waals surface area contributed by atoms with Crippen molar-refractivity contribution in [1.82, 2.24) is 4.90 Å². The van der Waals surface area contributed by atoms with E-state index < -0.39 is 4.92 Å². The number of nitrogens with zero attached hydrogens (tertiary/aromatic N) is 2. The van der Waals surface area contributed by atoms with Crippen LogP contribution in [0.3, 0.4) is 0 Å². The summed E-state index contributed by atoms with van der Waals surface area (Å²) in [6.07, 6.45) is 2.03. The zero-order valence-electron chi connectivity index (χ0n) is 14.9. The number of likely N-dealkylation sites (tertiary alicyclic amines) is 1. The summed E-state index contributed by atoms with van der Waals surface area (Å²) in [6, 6.07) is 12.4. The van der Waals surface area contributed by atoms with Gasteiger partial charge >= 0.3 is 0 Å². The van der Waals surface area contributed by atoms with E-state index in [0.717, 1.165) is 30.7 Å². The van der Waals surface area contributed by atoms with Crippen LogP contribution in [-0.4, -0.2) is 35.9 Å². The number of methoxy groups -OCH3 is 1. The number of anilines is 1. The first-order chi connectivity index (χ1) is 13.0. The zero-order valence-corrected chi connectivity index (χ0v) is 16.4. The Kier molecular flexibility index (Phi) is 6.08. The standard InChI is InChI=1S/C19H20BrN3O4/c1-27-15-7-4-13(5-8-15)18-3-2-10-22(18)12-19(24)21-17-9-6-14(23(25)26)11-16(17)20/h4-9,11,18H,2-3,10,12H2,1H3,(H,21,24). The number of nitrogens with one attached hydrogen (secondary N) is 1. The van der Waals surface area contributed by atoms with Gasteiger partial charge in [-0.25, -0.2) is 0 Å². The molecule has 0 aliphatic carbocycles. The first-order valence-electron chi connectivity index (χ1n) is 8.59. The zero-order chi connectivity index (χ0) is 19.4. The van der Waals surface area contributed by atoms with Crippen LogP contribution in [0.2, 0.25) is 0 Å². The Hall–Kier alpha value is -2.45. The van der Waals surface area contributed by atoms with Gasteiger partial charge in [0.1, 0.15) is 5.75 Å². The van der Waals surface area contributed by atoms with Gasteiger partial charge in [-0.15, -0.1) is 0 Å². The van der Waals surface area contributed by atoms with E-state index in [-0.39, 0.29) is 24.2 Å². The fourth-order valence-electron chi connectivity index (χ4n) is 3.31. The fourth-order valence-corrected chi connectivity index (χ4v) is 3.78. The van der Waals surface area contributed by atoms with Crippen molar-refractivity contribution in [3.05, 3.63) is 62.6 Å². The molecule has 1 aliphatic rings. The molecule has 2 aromatic rings. The van der Waals surface area contributed by atoms with Gasteiger partial charge in [0.25, 0.3) is 5.69 Å². The Labute approximate surface area is 165 Å². The number of non-ortho nitro benzene ring substituents is 1. The van der Waals surface area contributed by atoms with Crippen molar-refractivity contribution < 1.29 is 14.5 Å². The van der Waals surface area contributed by atoms with Crippen LogP contribution in [0.15, 0.2) is 46.9 Å². The maximum absolute atomic E-state index is 12.5. The van der Waals surface area contributed by atoms with E-state index in [9.17, 15) is 14.9 Å². The molecule has 0 bridgehead atoms. The normalized spacial score (nSPS) is 16.9. The van der Waals surface area contributed by atoms with Gasteiger partial charge in [-0.05, 0) is 59.1 Å². The molecule has 142 valence electrons. The van der Waals surface area contributed by atoms with E-state index >= 15 is 0 Å². The van der Waals surface area contributed by atoms with Gasteiger partial charge < -0.3 is 10.1 Å². The number of nitro benzene ring substituents is 1. The topological polar surface area (TPSA) is 84.7 Å². The summed E-state index contributed by atoms with van der Waals surface area (Å²) in [6.45, 7) is 1.12. The molecule has 1 fully saturated rings. The molecule has 0 saturated carbocycles. The summed E-state index contributed by atoms with van der Waals surface area (Å²) in [5.41, 5.74) is 1.65. The number of amides is 1. The molecular formula is C19H20BrN3O4. The van der Waals surface area contributed by atoms with Crippen LogP contribution in [-0.2, 0) is 4.79 Å². The van der Waals surface area contributed by atoms with Gasteiger partial charge in [0, 0.05) is 22.6 Å². The molecule has 0 spiro atoms. The Morgan fingerprint density at radius 2 is 2.07 bits per heavy atom. The molecule has 1 N–H and O–H groups in total. The molecule has 1 amide bonds. The molecule has 27 heavy (non-hydrogen) atoms. The largest absolute Gasteiger partial charge is 0.497 e. The van der Waals surface area contributed by atoms with E-state index in [0.29, 0.717) is 10.2 Å². The Morgan fingerprint density at radius 3 is 2.70 bits per heavy atom. The second-order valence-electron chi connectivity index (χ2n) is 6.37. The highest BCUT2D eigenvalue weighted by Gasteiger charge is 2.27. The number of benzene rings is 2. The van der Waals surface area contributed by atoms with E-state index in [1.54, 1.807) is 7.11 Å². The fraction of sp³-hybridized carbons (Fsp3) is 0.316. The van der Waals surface area contributed by atoms with Gasteiger partial charge in [-0.2, -0.15) is 0 Å². The van der Waals surface area contributed by atoms with Crippen molar-refractivity contribution in [2.45, 2.75) is 18.9 Å². The Morgan fingerprint density at radius 1 is 1.33 bits per heavy atom. The lowest BCUT2D eigenvalue weighted by atomic mass is 10.0. The monoisotopic (exact) mass is 433 g/mol. The lowest BCUT2D eigenvalue weighted by Gasteiger charge is -2.24. The van der Waals surface area contributed by atoms with Crippen LogP contribution in [0.1, 0.15) is 24.4 Å². The molecule has 1 aliphatic heterocycles. The minimum atomic E-state index is -0.472. The van der Waals surface area contributed by atoms with Crippen LogP contribution in [0.25, 0.3) is 0 Å². The highest BCUT2D eigenvalue weighted by Crippen LogP contribution is 2.33. The molecule has 1 atom stereocenters. The van der Waals surface area contributed by atoms with Gasteiger partial charge in [-0.3, -0.25) is 19.8 Å². The van der Waals surface area contributed by atoms with Crippen LogP contribution in [0.5, 0.6) is 5.75 Å². The lowest BCUT2D eigenvalue weighted by Crippen LogP contribution is -2.33. The predicted octanol–water partition coefficient (Wildman–Crippen LogP) is 4.14. The number of halogens is 1. The summed E-state index contributed by atoms with van der Waals surface area (Å²) >= 11 is 3.27. The molecule has 0 radical (unpaired) electrons. The van der Waals surface area contributed by atoms with Crippen molar-refractivity contribution in [2.24, 2.45) is 0 Å². The van der Waals surface area contributed by atoms with E-state index in [4.69, 9.17) is 4.74 Å². The molecular weight excluding hydrogens is 414 g/mol. The van der Waals surface area contributed by atoms with Crippen molar-refractivity contribution >= 4 is 33.2 Å². The third-order valence-corrected chi connectivity index (χ3v) is 5.30. The van der Waals surface area contributed by atoms with E-state index in [2.05, 4.69) is 26.1 Å². The summed E-state index contributed by atoms with van der Waals surface area (Å²) in [4.78, 5) is 25.0. The lowest BCUT2D eigenvalue weighted by molar-refractivity contribution is -0.384. The molecule has 8 heteroatoms. The minimum absolute atomic E-state index is 0.0287. The van der Waals surface area contributed by atoms with Crippen molar-refractivity contribution in [2.75, 3.05) is 25.5 Å². The number of carbonyl (C=O) groups is 1. The number of nitro groups is 1. The third-order valence-electron chi connectivity index (χ3n) is 4.65. The summed E-state index contributed by atoms with van der Waals surface area (Å²) in [7, 11) is 1.64. The highest BCUT2D eigenvalue weighted by atomic mass is 79.9. The molecule has 7 nitrogen and oxygen atoms in total. The quantitative estimate of drug-likeness (QED) is 0.546. The molecule has 0 aromatic heterocycles. The average molecular weight is 434 g/mol. The second kappa shape index (κ2) is 8.49. The number of hydrogen-bond donors (Lipinski definition) is 1. The van der Waals surface area contributed by atoms with E-state index in [1.165, 1.54) is 18.2 Å². The van der Waals surface area contributed by atoms with Crippen molar-refractivity contribution in [3.8, 4) is 5.75 Å². The maximum Gasteiger partial charge on any atom is 0.270 e. The van der Waals surface area contributed by atoms with Crippen LogP contribution in [0.4, 0.5) is 11.4 Å². The first kappa shape index (κ1) is 19.3. The van der Waals surface area contributed by atoms with Crippen molar-refractivity contribution in [1.29, 1.82) is 0 Å². The number of carbonyl (C=O) groups excluding carboxylic acids is 1. The predicted molar refractivity (Wildman–Crippen MR) is 106 cm³/mol. The van der Waals surface area contributed by atoms with Gasteiger partial charge in [-0.1, -0.05) is 12.1 Å². The number of hydrogen-bond acceptors (Lipinski definition) is 5. The maximum atomic E-state index is 12.5. The van der Waals surface area contributed by atoms with Gasteiger partial charge in [0.15, 0.2) is 0 Å². The van der Waals surface area contributed by atoms with Crippen LogP contribution in [0, 0.1) is 10.1 Å². The molecule has 2 aromatic carbocycles. The second-order valence-corrected chi connectivity index (χ2v) is 7.23. The number of ether oxygens (including phenoxy) is 1. The highest BCUT2D eigenvalue weighted by molar-refractivity contribution is 9.10. The average Bonchev–Trinajstić information content (AvgIpc) is 3.11. The summed E-state index contributed by atoms with van der Waals surface area (Å²) in [5.74, 6) is 0.661. The molecule has 3 rings (SSSR count). The van der Waals surface area contributed by atoms with Crippen LogP contribution >= 0.6 is 15.9 Å². The minimum Gasteiger partial charge on any atom is -0.497 e. The van der Waals surface area contributed by atoms with Crippen LogP contribution < -0.4 is 10.1 Å². The summed E-state index contributed by atoms with van der Waals surface area (Å²) < 4.78 is 5.68. The van der Waals surface area contributed by atoms with Crippen molar-refractivity contribution in [3.63, 3.8) is 0 Å². The third kappa shape index (κ3) is 4.64. The Balaban J connectivity index is 1.65. The first-order valence-corrected chi connectivity index (χ1v) is 9.39. The molecule has 1 saturated heterocycles. The molecule has 1 heterocycles. The summed E-state index contributed by atoms with van der Waals surface area (Å²) in [5, 5.41) is 13.6. The van der Waals surface area contributed by atoms with Gasteiger partial charge in [0.05, 0.1) is 24.3 Å². The number of rotatable bonds is 6. The van der Waals surface area contributed by atoms with E-state index in [1.807, 2.05) is 24.3 Å². The Bertz CT molecular complexity index is 841.